The number of esters is 1. The number of nitrogens with one attached hydrogen (secondary N) is 3. The number of hydrogen-bond acceptors (Lipinski definition) is 7. The molecule has 10 nitrogen and oxygen atoms in total. The van der Waals surface area contributed by atoms with Crippen LogP contribution in [0.4, 0.5) is 4.79 Å². The monoisotopic (exact) mass is 558 g/mol. The summed E-state index contributed by atoms with van der Waals surface area (Å²) in [5.74, 6) is 0.465. The van der Waals surface area contributed by atoms with Gasteiger partial charge in [-0.3, -0.25) is 4.79 Å². The summed E-state index contributed by atoms with van der Waals surface area (Å²) in [6.45, 7) is 7.43. The third-order valence-corrected chi connectivity index (χ3v) is 12.3. The first kappa shape index (κ1) is 28.0. The number of cyclic esters (lactones) is 1. The van der Waals surface area contributed by atoms with Crippen molar-refractivity contribution in [2.45, 2.75) is 83.0 Å². The van der Waals surface area contributed by atoms with Gasteiger partial charge in [-0.2, -0.15) is 0 Å². The number of carbonyl (C=O) groups is 3. The van der Waals surface area contributed by atoms with Crippen molar-refractivity contribution < 1.29 is 29.3 Å². The van der Waals surface area contributed by atoms with Crippen LogP contribution in [-0.4, -0.2) is 90.1 Å². The fourth-order valence-corrected chi connectivity index (χ4v) is 9.94. The highest BCUT2D eigenvalue weighted by Crippen LogP contribution is 2.69. The van der Waals surface area contributed by atoms with Gasteiger partial charge in [-0.15, -0.1) is 0 Å². The van der Waals surface area contributed by atoms with Gasteiger partial charge in [0.2, 0.25) is 5.91 Å². The Morgan fingerprint density at radius 1 is 1.15 bits per heavy atom. The standard InChI is InChI=1S/C30H46N4O6/c1-28-7-5-20(33-27(38)32-10-12-34-11-9-31-16-25(34)36)14-19(28)3-4-22-23(28)15-24(35)29(2)21(6-8-30(22,29)39)18-13-26(37)40-17-18/h13,19-24,31,35,39H,3-12,14-17H2,1-2H3,(H2,32,33,38)/t19-,20+,21-,22-,23+,24-,28+,29+,30+/m1/s1. The summed E-state index contributed by atoms with van der Waals surface area (Å²) in [6, 6.07) is -0.0799. The van der Waals surface area contributed by atoms with Gasteiger partial charge in [0.1, 0.15) is 6.61 Å². The van der Waals surface area contributed by atoms with Gasteiger partial charge < -0.3 is 35.8 Å². The van der Waals surface area contributed by atoms with E-state index in [-0.39, 0.29) is 53.7 Å². The molecule has 2 heterocycles. The number of amides is 3. The van der Waals surface area contributed by atoms with Crippen molar-refractivity contribution in [3.63, 3.8) is 0 Å². The maximum absolute atomic E-state index is 12.7. The topological polar surface area (TPSA) is 140 Å². The van der Waals surface area contributed by atoms with E-state index in [2.05, 4.69) is 22.9 Å². The number of urea groups is 1. The fourth-order valence-electron chi connectivity index (χ4n) is 9.94. The molecule has 0 aromatic heterocycles. The molecule has 222 valence electrons. The number of piperazine rings is 1. The molecule has 10 heteroatoms. The molecule has 9 atom stereocenters. The summed E-state index contributed by atoms with van der Waals surface area (Å²) in [6.07, 6.45) is 7.66. The molecule has 1 saturated heterocycles. The fraction of sp³-hybridized carbons (Fsp3) is 0.833. The van der Waals surface area contributed by atoms with Crippen LogP contribution in [0.1, 0.15) is 65.2 Å². The van der Waals surface area contributed by atoms with Crippen molar-refractivity contribution in [3.8, 4) is 0 Å². The smallest absolute Gasteiger partial charge is 0.331 e. The summed E-state index contributed by atoms with van der Waals surface area (Å²) < 4.78 is 5.21. The van der Waals surface area contributed by atoms with E-state index >= 15 is 0 Å². The number of aliphatic hydroxyl groups excluding tert-OH is 1. The first-order valence-electron chi connectivity index (χ1n) is 15.4. The Labute approximate surface area is 236 Å². The average molecular weight is 559 g/mol. The quantitative estimate of drug-likeness (QED) is 0.321. The van der Waals surface area contributed by atoms with Crippen LogP contribution in [0.5, 0.6) is 0 Å². The molecule has 0 spiro atoms. The number of hydrogen-bond donors (Lipinski definition) is 5. The number of nitrogens with zero attached hydrogens (tertiary/aromatic N) is 1. The second-order valence-corrected chi connectivity index (χ2v) is 13.8. The van der Waals surface area contributed by atoms with Gasteiger partial charge in [-0.05, 0) is 86.0 Å². The third kappa shape index (κ3) is 4.36. The van der Waals surface area contributed by atoms with Crippen LogP contribution in [0.15, 0.2) is 11.6 Å². The lowest BCUT2D eigenvalue weighted by Crippen LogP contribution is -2.67. The van der Waals surface area contributed by atoms with E-state index in [4.69, 9.17) is 4.74 Å². The third-order valence-electron chi connectivity index (χ3n) is 12.3. The molecule has 6 aliphatic rings. The van der Waals surface area contributed by atoms with Crippen LogP contribution in [0.25, 0.3) is 0 Å². The normalized spacial score (nSPS) is 44.7. The van der Waals surface area contributed by atoms with Crippen LogP contribution in [-0.2, 0) is 14.3 Å². The van der Waals surface area contributed by atoms with E-state index in [0.29, 0.717) is 44.9 Å². The highest BCUT2D eigenvalue weighted by Gasteiger charge is 2.70. The van der Waals surface area contributed by atoms with Crippen LogP contribution >= 0.6 is 0 Å². The SMILES string of the molecule is C[C@]12CC[C@H](NC(=O)NCCN3CCNCC3=O)C[C@H]1CC[C@@H]1[C@@H]2C[C@@H](O)[C@]2(C)[C@@H](C3=CC(=O)OC3)CC[C@]12O. The van der Waals surface area contributed by atoms with E-state index < -0.39 is 17.1 Å². The lowest BCUT2D eigenvalue weighted by atomic mass is 9.42. The first-order chi connectivity index (χ1) is 19.1. The Morgan fingerprint density at radius 2 is 1.98 bits per heavy atom. The minimum Gasteiger partial charge on any atom is -0.458 e. The summed E-state index contributed by atoms with van der Waals surface area (Å²) in [4.78, 5) is 38.2. The lowest BCUT2D eigenvalue weighted by molar-refractivity contribution is -0.242. The molecule has 4 aliphatic carbocycles. The largest absolute Gasteiger partial charge is 0.458 e. The van der Waals surface area contributed by atoms with Crippen molar-refractivity contribution in [2.24, 2.45) is 34.5 Å². The van der Waals surface area contributed by atoms with Crippen molar-refractivity contribution >= 4 is 17.9 Å². The number of fused-ring (bicyclic) bond motifs is 5. The molecule has 0 aromatic carbocycles. The summed E-state index contributed by atoms with van der Waals surface area (Å²) in [5.41, 5.74) is -0.739. The highest BCUT2D eigenvalue weighted by atomic mass is 16.5. The van der Waals surface area contributed by atoms with Gasteiger partial charge in [0.25, 0.3) is 0 Å². The minimum absolute atomic E-state index is 0.00205. The molecular formula is C30H46N4O6. The van der Waals surface area contributed by atoms with Gasteiger partial charge in [0, 0.05) is 43.7 Å². The second kappa shape index (κ2) is 10.3. The molecule has 6 rings (SSSR count). The molecule has 5 N–H and O–H groups in total. The van der Waals surface area contributed by atoms with Gasteiger partial charge in [-0.1, -0.05) is 13.8 Å². The molecule has 0 radical (unpaired) electrons. The van der Waals surface area contributed by atoms with E-state index in [9.17, 15) is 24.6 Å². The second-order valence-electron chi connectivity index (χ2n) is 13.8. The first-order valence-corrected chi connectivity index (χ1v) is 15.4. The Kier molecular flexibility index (Phi) is 7.19. The Bertz CT molecular complexity index is 1080. The van der Waals surface area contributed by atoms with Gasteiger partial charge in [-0.25, -0.2) is 9.59 Å². The van der Waals surface area contributed by atoms with Crippen LogP contribution in [0, 0.1) is 34.5 Å². The molecule has 0 aromatic rings. The van der Waals surface area contributed by atoms with E-state index in [1.807, 2.05) is 6.92 Å². The molecule has 2 aliphatic heterocycles. The summed E-state index contributed by atoms with van der Waals surface area (Å²) in [5, 5.41) is 33.3. The van der Waals surface area contributed by atoms with Crippen molar-refractivity contribution in [2.75, 3.05) is 39.3 Å². The zero-order valence-electron chi connectivity index (χ0n) is 23.9. The zero-order chi connectivity index (χ0) is 28.3. The molecule has 4 saturated carbocycles. The maximum Gasteiger partial charge on any atom is 0.331 e. The summed E-state index contributed by atoms with van der Waals surface area (Å²) in [7, 11) is 0. The van der Waals surface area contributed by atoms with Crippen LogP contribution in [0.2, 0.25) is 0 Å². The molecule has 0 unspecified atom stereocenters. The maximum atomic E-state index is 12.7. The number of carbonyl (C=O) groups excluding carboxylic acids is 3. The molecule has 3 amide bonds. The lowest BCUT2D eigenvalue weighted by Gasteiger charge is -2.65. The summed E-state index contributed by atoms with van der Waals surface area (Å²) >= 11 is 0. The van der Waals surface area contributed by atoms with Crippen molar-refractivity contribution in [1.82, 2.24) is 20.9 Å². The molecule has 0 bridgehead atoms. The molecular weight excluding hydrogens is 512 g/mol. The Hall–Kier alpha value is -2.17. The number of rotatable bonds is 5. The van der Waals surface area contributed by atoms with Crippen LogP contribution < -0.4 is 16.0 Å². The number of ether oxygens (including phenoxy) is 1. The minimum atomic E-state index is -0.971. The van der Waals surface area contributed by atoms with Crippen molar-refractivity contribution in [3.05, 3.63) is 11.6 Å². The van der Waals surface area contributed by atoms with Crippen molar-refractivity contribution in [1.29, 1.82) is 0 Å². The molecule has 5 fully saturated rings. The molecule has 40 heavy (non-hydrogen) atoms. The van der Waals surface area contributed by atoms with Gasteiger partial charge >= 0.3 is 12.0 Å². The number of aliphatic hydroxyl groups is 2. The van der Waals surface area contributed by atoms with E-state index in [0.717, 1.165) is 50.6 Å². The van der Waals surface area contributed by atoms with Crippen LogP contribution in [0.3, 0.4) is 0 Å². The van der Waals surface area contributed by atoms with Gasteiger partial charge in [0.15, 0.2) is 0 Å². The van der Waals surface area contributed by atoms with Gasteiger partial charge in [0.05, 0.1) is 18.2 Å². The van der Waals surface area contributed by atoms with E-state index in [1.54, 1.807) is 11.0 Å². The highest BCUT2D eigenvalue weighted by molar-refractivity contribution is 5.85. The average Bonchev–Trinajstić information content (AvgIpc) is 3.47. The zero-order valence-corrected chi connectivity index (χ0v) is 23.9. The predicted molar refractivity (Wildman–Crippen MR) is 147 cm³/mol. The van der Waals surface area contributed by atoms with E-state index in [1.165, 1.54) is 0 Å². The Balaban J connectivity index is 1.08. The predicted octanol–water partition coefficient (Wildman–Crippen LogP) is 1.31. The Morgan fingerprint density at radius 3 is 2.73 bits per heavy atom.